The predicted octanol–water partition coefficient (Wildman–Crippen LogP) is 2.59. The summed E-state index contributed by atoms with van der Waals surface area (Å²) in [6.45, 7) is 2.88. The summed E-state index contributed by atoms with van der Waals surface area (Å²) in [5.74, 6) is -0.286. The monoisotopic (exact) mass is 408 g/mol. The van der Waals surface area contributed by atoms with Crippen molar-refractivity contribution in [1.29, 1.82) is 0 Å². The molecule has 1 aromatic heterocycles. The molecule has 3 aromatic rings. The number of para-hydroxylation sites is 1. The molecule has 4 rings (SSSR count). The van der Waals surface area contributed by atoms with Crippen molar-refractivity contribution < 1.29 is 9.59 Å². The standard InChI is InChI=1S/C21H20N4O3S/c1-2-14-7-9-15(10-8-14)25-19(27)16-5-3-4-6-17(16)23-21(25)29-13-18(26)24-12-11-22-20(24)28/h3-10H,2,11-13H2,1H3,(H,22,28). The minimum absolute atomic E-state index is 0.0191. The van der Waals surface area contributed by atoms with Crippen LogP contribution in [0.2, 0.25) is 0 Å². The molecule has 0 atom stereocenters. The Morgan fingerprint density at radius 1 is 1.14 bits per heavy atom. The molecule has 2 aromatic carbocycles. The lowest BCUT2D eigenvalue weighted by Gasteiger charge is -2.15. The van der Waals surface area contributed by atoms with Gasteiger partial charge in [-0.2, -0.15) is 0 Å². The van der Waals surface area contributed by atoms with Crippen molar-refractivity contribution in [3.05, 3.63) is 64.4 Å². The first-order valence-corrected chi connectivity index (χ1v) is 10.4. The highest BCUT2D eigenvalue weighted by Crippen LogP contribution is 2.22. The van der Waals surface area contributed by atoms with E-state index in [1.807, 2.05) is 30.3 Å². The van der Waals surface area contributed by atoms with Gasteiger partial charge in [0.15, 0.2) is 5.16 Å². The van der Waals surface area contributed by atoms with Gasteiger partial charge in [0.25, 0.3) is 5.56 Å². The van der Waals surface area contributed by atoms with E-state index in [2.05, 4.69) is 17.2 Å². The zero-order valence-corrected chi connectivity index (χ0v) is 16.7. The van der Waals surface area contributed by atoms with Crippen molar-refractivity contribution in [2.24, 2.45) is 0 Å². The lowest BCUT2D eigenvalue weighted by molar-refractivity contribution is -0.124. The van der Waals surface area contributed by atoms with Gasteiger partial charge in [-0.15, -0.1) is 0 Å². The number of urea groups is 1. The number of benzene rings is 2. The summed E-state index contributed by atoms with van der Waals surface area (Å²) in [6, 6.07) is 14.5. The van der Waals surface area contributed by atoms with Crippen LogP contribution in [-0.2, 0) is 11.2 Å². The lowest BCUT2D eigenvalue weighted by Crippen LogP contribution is -2.35. The van der Waals surface area contributed by atoms with E-state index >= 15 is 0 Å². The SMILES string of the molecule is CCc1ccc(-n2c(SCC(=O)N3CCNC3=O)nc3ccccc3c2=O)cc1. The molecule has 1 aliphatic heterocycles. The molecule has 2 heterocycles. The van der Waals surface area contributed by atoms with Crippen molar-refractivity contribution in [3.63, 3.8) is 0 Å². The number of aryl methyl sites for hydroxylation is 1. The van der Waals surface area contributed by atoms with Gasteiger partial charge in [0, 0.05) is 13.1 Å². The zero-order chi connectivity index (χ0) is 20.4. The number of aromatic nitrogens is 2. The second kappa shape index (κ2) is 8.08. The van der Waals surface area contributed by atoms with Gasteiger partial charge in [-0.1, -0.05) is 43.0 Å². The lowest BCUT2D eigenvalue weighted by atomic mass is 10.1. The quantitative estimate of drug-likeness (QED) is 0.518. The van der Waals surface area contributed by atoms with E-state index in [0.717, 1.165) is 18.2 Å². The Kier molecular flexibility index (Phi) is 5.35. The van der Waals surface area contributed by atoms with Crippen molar-refractivity contribution >= 4 is 34.6 Å². The van der Waals surface area contributed by atoms with Crippen molar-refractivity contribution in [3.8, 4) is 5.69 Å². The Balaban J connectivity index is 1.73. The van der Waals surface area contributed by atoms with E-state index in [1.165, 1.54) is 15.0 Å². The molecule has 29 heavy (non-hydrogen) atoms. The molecule has 0 spiro atoms. The summed E-state index contributed by atoms with van der Waals surface area (Å²) in [4.78, 5) is 43.2. The predicted molar refractivity (Wildman–Crippen MR) is 113 cm³/mol. The Morgan fingerprint density at radius 3 is 2.59 bits per heavy atom. The number of fused-ring (bicyclic) bond motifs is 1. The van der Waals surface area contributed by atoms with E-state index in [-0.39, 0.29) is 23.3 Å². The Hall–Kier alpha value is -3.13. The fourth-order valence-electron chi connectivity index (χ4n) is 3.23. The average molecular weight is 408 g/mol. The third kappa shape index (κ3) is 3.75. The molecule has 0 bridgehead atoms. The summed E-state index contributed by atoms with van der Waals surface area (Å²) < 4.78 is 1.53. The highest BCUT2D eigenvalue weighted by molar-refractivity contribution is 7.99. The number of carbonyl (C=O) groups excluding carboxylic acids is 2. The number of hydrogen-bond acceptors (Lipinski definition) is 5. The fourth-order valence-corrected chi connectivity index (χ4v) is 4.12. The molecule has 1 aliphatic rings. The van der Waals surface area contributed by atoms with Gasteiger partial charge in [0.1, 0.15) is 0 Å². The van der Waals surface area contributed by atoms with Crippen LogP contribution in [0.25, 0.3) is 16.6 Å². The molecule has 7 nitrogen and oxygen atoms in total. The largest absolute Gasteiger partial charge is 0.336 e. The molecule has 8 heteroatoms. The first-order valence-electron chi connectivity index (χ1n) is 9.40. The maximum absolute atomic E-state index is 13.2. The number of rotatable bonds is 5. The van der Waals surface area contributed by atoms with Crippen LogP contribution < -0.4 is 10.9 Å². The molecular formula is C21H20N4O3S. The Labute approximate surface area is 171 Å². The molecule has 0 saturated carbocycles. The van der Waals surface area contributed by atoms with Crippen LogP contribution in [0.3, 0.4) is 0 Å². The molecule has 0 aliphatic carbocycles. The molecule has 148 valence electrons. The molecule has 3 amide bonds. The molecule has 1 fully saturated rings. The second-order valence-electron chi connectivity index (χ2n) is 6.64. The smallest absolute Gasteiger partial charge is 0.324 e. The Bertz CT molecular complexity index is 1140. The van der Waals surface area contributed by atoms with Crippen LogP contribution in [-0.4, -0.2) is 45.2 Å². The summed E-state index contributed by atoms with van der Waals surface area (Å²) in [6.07, 6.45) is 0.902. The number of carbonyl (C=O) groups is 2. The molecule has 1 saturated heterocycles. The maximum Gasteiger partial charge on any atom is 0.324 e. The van der Waals surface area contributed by atoms with Gasteiger partial charge in [-0.25, -0.2) is 9.78 Å². The summed E-state index contributed by atoms with van der Waals surface area (Å²) in [5.41, 5.74) is 2.25. The zero-order valence-electron chi connectivity index (χ0n) is 15.9. The molecule has 1 N–H and O–H groups in total. The average Bonchev–Trinajstić information content (AvgIpc) is 3.18. The number of hydrogen-bond donors (Lipinski definition) is 1. The van der Waals surface area contributed by atoms with Crippen LogP contribution in [0.1, 0.15) is 12.5 Å². The number of thioether (sulfide) groups is 1. The minimum Gasteiger partial charge on any atom is -0.336 e. The van der Waals surface area contributed by atoms with Crippen molar-refractivity contribution in [1.82, 2.24) is 19.8 Å². The van der Waals surface area contributed by atoms with Gasteiger partial charge in [-0.05, 0) is 36.2 Å². The third-order valence-electron chi connectivity index (χ3n) is 4.83. The molecular weight excluding hydrogens is 388 g/mol. The topological polar surface area (TPSA) is 84.3 Å². The van der Waals surface area contributed by atoms with E-state index in [4.69, 9.17) is 0 Å². The van der Waals surface area contributed by atoms with E-state index in [0.29, 0.717) is 34.8 Å². The molecule has 0 radical (unpaired) electrons. The fraction of sp³-hybridized carbons (Fsp3) is 0.238. The first-order chi connectivity index (χ1) is 14.1. The van der Waals surface area contributed by atoms with Crippen LogP contribution in [0.4, 0.5) is 4.79 Å². The van der Waals surface area contributed by atoms with Crippen LogP contribution >= 0.6 is 11.8 Å². The van der Waals surface area contributed by atoms with Crippen LogP contribution in [0, 0.1) is 0 Å². The highest BCUT2D eigenvalue weighted by atomic mass is 32.2. The highest BCUT2D eigenvalue weighted by Gasteiger charge is 2.26. The summed E-state index contributed by atoms with van der Waals surface area (Å²) >= 11 is 1.16. The number of nitrogens with zero attached hydrogens (tertiary/aromatic N) is 3. The van der Waals surface area contributed by atoms with E-state index in [9.17, 15) is 14.4 Å². The van der Waals surface area contributed by atoms with Crippen molar-refractivity contribution in [2.75, 3.05) is 18.8 Å². The maximum atomic E-state index is 13.2. The third-order valence-corrected chi connectivity index (χ3v) is 5.75. The Morgan fingerprint density at radius 2 is 1.90 bits per heavy atom. The van der Waals surface area contributed by atoms with Gasteiger partial charge in [0.2, 0.25) is 5.91 Å². The normalized spacial score (nSPS) is 13.7. The van der Waals surface area contributed by atoms with Gasteiger partial charge in [0.05, 0.1) is 22.3 Å². The first kappa shape index (κ1) is 19.2. The van der Waals surface area contributed by atoms with Gasteiger partial charge in [-0.3, -0.25) is 19.1 Å². The number of amides is 3. The van der Waals surface area contributed by atoms with E-state index < -0.39 is 0 Å². The van der Waals surface area contributed by atoms with Gasteiger partial charge < -0.3 is 5.32 Å². The van der Waals surface area contributed by atoms with E-state index in [1.54, 1.807) is 18.2 Å². The second-order valence-corrected chi connectivity index (χ2v) is 7.58. The number of imide groups is 1. The summed E-state index contributed by atoms with van der Waals surface area (Å²) in [7, 11) is 0. The summed E-state index contributed by atoms with van der Waals surface area (Å²) in [5, 5.41) is 3.55. The van der Waals surface area contributed by atoms with Crippen LogP contribution in [0.15, 0.2) is 58.5 Å². The van der Waals surface area contributed by atoms with Gasteiger partial charge >= 0.3 is 6.03 Å². The molecule has 0 unspecified atom stereocenters. The number of nitrogens with one attached hydrogen (secondary N) is 1. The minimum atomic E-state index is -0.380. The van der Waals surface area contributed by atoms with Crippen molar-refractivity contribution in [2.45, 2.75) is 18.5 Å². The van der Waals surface area contributed by atoms with Crippen LogP contribution in [0.5, 0.6) is 0 Å².